The molecule has 4 bridgehead atoms. The molecule has 6 aromatic rings. The number of rotatable bonds is 36. The number of nitrogens with two attached hydrogens (primary N) is 1. The molecule has 0 saturated heterocycles. The van der Waals surface area contributed by atoms with Crippen molar-refractivity contribution in [2.45, 2.75) is 168 Å². The molecule has 12 rings (SSSR count). The van der Waals surface area contributed by atoms with Gasteiger partial charge in [-0.25, -0.2) is 24.4 Å². The van der Waals surface area contributed by atoms with Gasteiger partial charge in [0.15, 0.2) is 10.8 Å². The van der Waals surface area contributed by atoms with Crippen LogP contribution in [0.2, 0.25) is 0 Å². The molecule has 10 amide bonds. The summed E-state index contributed by atoms with van der Waals surface area (Å²) in [6, 6.07) is 17.9. The molecular formula is C77H94N14O18S2. The number of primary amides is 1. The normalized spacial score (nSPS) is 20.5. The molecule has 34 heteroatoms. The first-order valence-electron chi connectivity index (χ1n) is 37.1. The van der Waals surface area contributed by atoms with Crippen LogP contribution in [-0.4, -0.2) is 187 Å². The smallest absolute Gasteiger partial charge is 0.408 e. The highest BCUT2D eigenvalue weighted by molar-refractivity contribution is 7.85. The summed E-state index contributed by atoms with van der Waals surface area (Å²) in [6.07, 6.45) is 8.67. The second-order valence-corrected chi connectivity index (χ2v) is 33.5. The van der Waals surface area contributed by atoms with E-state index >= 15 is 0 Å². The van der Waals surface area contributed by atoms with E-state index in [4.69, 9.17) is 25.3 Å². The quantitative estimate of drug-likeness (QED) is 0.0103. The van der Waals surface area contributed by atoms with Crippen LogP contribution in [0.3, 0.4) is 0 Å². The van der Waals surface area contributed by atoms with E-state index in [2.05, 4.69) is 50.7 Å². The number of carboxylic acids is 2. The summed E-state index contributed by atoms with van der Waals surface area (Å²) in [5.74, 6) is -7.43. The number of ether oxygens (including phenoxy) is 2. The van der Waals surface area contributed by atoms with Crippen molar-refractivity contribution in [3.8, 4) is 11.1 Å². The number of pyridine rings is 1. The number of anilines is 3. The maximum Gasteiger partial charge on any atom is 0.408 e. The monoisotopic (exact) mass is 1570 g/mol. The fraction of sp³-hybridized carbons (Fsp3) is 0.481. The van der Waals surface area contributed by atoms with Crippen LogP contribution in [0.1, 0.15) is 154 Å². The molecule has 4 aliphatic carbocycles. The van der Waals surface area contributed by atoms with Crippen LogP contribution < -0.4 is 42.5 Å². The molecular weight excluding hydrogens is 1470 g/mol. The number of hydrogen-bond acceptors (Lipinski definition) is 20. The number of aromatic carboxylic acids is 1. The Labute approximate surface area is 645 Å². The molecule has 0 radical (unpaired) electrons. The summed E-state index contributed by atoms with van der Waals surface area (Å²) >= 11 is 1.38. The number of aliphatic carboxylic acids is 1. The second kappa shape index (κ2) is 34.3. The molecule has 111 heavy (non-hydrogen) atoms. The van der Waals surface area contributed by atoms with E-state index in [9.17, 15) is 75.9 Å². The van der Waals surface area contributed by atoms with Crippen LogP contribution in [0, 0.1) is 29.1 Å². The molecule has 592 valence electrons. The summed E-state index contributed by atoms with van der Waals surface area (Å²) in [4.78, 5) is 157. The van der Waals surface area contributed by atoms with Gasteiger partial charge < -0.3 is 61.8 Å². The third kappa shape index (κ3) is 20.5. The first-order chi connectivity index (χ1) is 52.7. The van der Waals surface area contributed by atoms with Crippen LogP contribution in [0.4, 0.5) is 26.2 Å². The maximum atomic E-state index is 14.5. The van der Waals surface area contributed by atoms with Gasteiger partial charge in [-0.1, -0.05) is 81.9 Å². The van der Waals surface area contributed by atoms with Gasteiger partial charge in [-0.15, -0.1) is 0 Å². The fourth-order valence-corrected chi connectivity index (χ4v) is 18.7. The highest BCUT2D eigenvalue weighted by atomic mass is 32.2. The average Bonchev–Trinajstić information content (AvgIpc) is 0.974. The third-order valence-electron chi connectivity index (χ3n) is 21.3. The number of carbonyl (C=O) groups excluding carboxylic acids is 9. The lowest BCUT2D eigenvalue weighted by Gasteiger charge is -2.69. The number of aromatic nitrogens is 4. The van der Waals surface area contributed by atoms with Gasteiger partial charge >= 0.3 is 24.1 Å². The topological polar surface area (TPSA) is 453 Å². The molecule has 5 heterocycles. The predicted molar refractivity (Wildman–Crippen MR) is 408 cm³/mol. The van der Waals surface area contributed by atoms with Crippen molar-refractivity contribution in [1.29, 1.82) is 0 Å². The number of thiazole rings is 1. The standard InChI is InChI=1S/C77H94N14O18S2/c1-46(2)64(86-60(92)18-7-6-10-29-90-61(93)25-26-62(90)94)68(99)82-56(16-12-28-79-71(78)103)67(98)81-50-21-19-48(20-22-50)38-108-73(104)84-57(35-63(95)96)69(100)88(32-34-111(105,106)107)31-33-109-77-42-74(4)39-75(5,43-77)41-76(40-74,44-77)45-91-47(3)53(36-80-91)51-23-24-59(85-65(51)70(101)102)89-30-27-49-13-11-14-52(54(49)37-89)66(97)87-72-83-55-15-8-9-17-58(55)110-72/h8-9,11,13-15,17,19-26,36,46,56-57,64H,6-7,10,12,16,18,27-35,37-45H2,1-5H3,(H,81,98)(H,82,99)(H,84,104)(H,86,92)(H,95,96)(H,101,102)(H3,78,79,103)(H,83,87,97)(H,105,106,107)/t56-,57-,64-,74?,75?,76?,77?/m0/s1. The van der Waals surface area contributed by atoms with Crippen molar-refractivity contribution in [2.24, 2.45) is 27.9 Å². The number of amides is 10. The van der Waals surface area contributed by atoms with Gasteiger partial charge in [0.2, 0.25) is 23.6 Å². The average molecular weight is 1570 g/mol. The zero-order valence-corrected chi connectivity index (χ0v) is 64.1. The van der Waals surface area contributed by atoms with Crippen LogP contribution >= 0.6 is 11.3 Å². The number of hydrogen-bond donors (Lipinski definition) is 10. The van der Waals surface area contributed by atoms with Gasteiger partial charge in [-0.05, 0) is 159 Å². The van der Waals surface area contributed by atoms with Crippen molar-refractivity contribution in [3.05, 3.63) is 131 Å². The Hall–Kier alpha value is -10.7. The second-order valence-electron chi connectivity index (χ2n) is 30.9. The lowest BCUT2D eigenvalue weighted by Crippen LogP contribution is -2.64. The lowest BCUT2D eigenvalue weighted by molar-refractivity contribution is -0.248. The summed E-state index contributed by atoms with van der Waals surface area (Å²) in [7, 11) is -4.68. The summed E-state index contributed by atoms with van der Waals surface area (Å²) in [5, 5.41) is 42.1. The lowest BCUT2D eigenvalue weighted by atomic mass is 9.39. The number of urea groups is 1. The minimum Gasteiger partial charge on any atom is -0.481 e. The number of nitrogens with zero attached hydrogens (tertiary/aromatic N) is 7. The van der Waals surface area contributed by atoms with Crippen LogP contribution in [0.25, 0.3) is 21.3 Å². The van der Waals surface area contributed by atoms with Crippen LogP contribution in [0.5, 0.6) is 0 Å². The van der Waals surface area contributed by atoms with Crippen LogP contribution in [-0.2, 0) is 79.3 Å². The van der Waals surface area contributed by atoms with Crippen molar-refractivity contribution >= 4 is 114 Å². The van der Waals surface area contributed by atoms with Gasteiger partial charge in [-0.3, -0.25) is 57.8 Å². The Morgan fingerprint density at radius 2 is 1.50 bits per heavy atom. The number of carbonyl (C=O) groups is 11. The molecule has 3 aromatic heterocycles. The van der Waals surface area contributed by atoms with Gasteiger partial charge in [0, 0.05) is 92.5 Å². The number of para-hydroxylation sites is 1. The largest absolute Gasteiger partial charge is 0.481 e. The Morgan fingerprint density at radius 3 is 2.19 bits per heavy atom. The first kappa shape index (κ1) is 81.3. The molecule has 4 saturated carbocycles. The summed E-state index contributed by atoms with van der Waals surface area (Å²) in [6.45, 7) is 9.95. The van der Waals surface area contributed by atoms with E-state index in [-0.39, 0.29) is 79.0 Å². The predicted octanol–water partition coefficient (Wildman–Crippen LogP) is 7.50. The number of fused-ring (bicyclic) bond motifs is 2. The van der Waals surface area contributed by atoms with E-state index in [0.29, 0.717) is 97.8 Å². The van der Waals surface area contributed by atoms with Crippen LogP contribution in [0.15, 0.2) is 97.2 Å². The van der Waals surface area contributed by atoms with Crippen molar-refractivity contribution in [2.75, 3.05) is 60.6 Å². The zero-order valence-electron chi connectivity index (χ0n) is 62.5. The number of carboxylic acid groups (broad SMARTS) is 2. The minimum atomic E-state index is -4.68. The molecule has 3 aromatic carbocycles. The van der Waals surface area contributed by atoms with Gasteiger partial charge in [0.25, 0.3) is 27.8 Å². The number of nitrogens with one attached hydrogen (secondary N) is 6. The fourth-order valence-electron chi connectivity index (χ4n) is 17.4. The molecule has 4 fully saturated rings. The number of alkyl carbamates (subject to hydrolysis) is 1. The molecule has 11 N–H and O–H groups in total. The Morgan fingerprint density at radius 1 is 0.775 bits per heavy atom. The SMILES string of the molecule is Cc1c(-c2ccc(N3CCc4cccc(C(=O)Nc5nc6ccccc6s5)c4C3)nc2C(=O)O)cnn1CC12CC3(C)CC(C)(C1)CC(OCCN(CCS(=O)(=O)O)C(=O)[C@H](CC(=O)O)NC(=O)OCc1ccc(NC(=O)[C@H](CCCNC(N)=O)NC(=O)[C@@H](NC(=O)CCCCCN4C(=O)C=CC4=O)C(C)C)cc1)(C3)C2. The summed E-state index contributed by atoms with van der Waals surface area (Å²) in [5.41, 5.74) is 8.95. The third-order valence-corrected chi connectivity index (χ3v) is 22.9. The highest BCUT2D eigenvalue weighted by Gasteiger charge is 2.66. The Bertz CT molecular complexity index is 4660. The van der Waals surface area contributed by atoms with Gasteiger partial charge in [-0.2, -0.15) is 13.5 Å². The highest BCUT2D eigenvalue weighted by Crippen LogP contribution is 2.72. The van der Waals surface area contributed by atoms with E-state index < -0.39 is 125 Å². The molecule has 2 aliphatic heterocycles. The van der Waals surface area contributed by atoms with Crippen molar-refractivity contribution in [3.63, 3.8) is 0 Å². The molecule has 32 nitrogen and oxygen atoms in total. The first-order valence-corrected chi connectivity index (χ1v) is 39.5. The van der Waals surface area contributed by atoms with E-state index in [1.165, 1.54) is 47.8 Å². The summed E-state index contributed by atoms with van der Waals surface area (Å²) < 4.78 is 49.6. The number of unbranched alkanes of at least 4 members (excludes halogenated alkanes) is 2. The van der Waals surface area contributed by atoms with Gasteiger partial charge in [0.1, 0.15) is 30.6 Å². The maximum absolute atomic E-state index is 14.5. The Kier molecular flexibility index (Phi) is 25.1. The molecule has 5 atom stereocenters. The Balaban J connectivity index is 0.698. The van der Waals surface area contributed by atoms with Crippen molar-refractivity contribution < 1.29 is 85.4 Å². The van der Waals surface area contributed by atoms with Gasteiger partial charge in [0.05, 0.1) is 40.8 Å². The zero-order chi connectivity index (χ0) is 79.7. The van der Waals surface area contributed by atoms with E-state index in [1.54, 1.807) is 38.2 Å². The number of benzene rings is 3. The van der Waals surface area contributed by atoms with Crippen molar-refractivity contribution in [1.82, 2.24) is 50.8 Å². The molecule has 0 spiro atoms. The molecule has 6 aliphatic rings. The minimum absolute atomic E-state index is 0.0300. The number of imide groups is 1. The molecule has 2 unspecified atom stereocenters. The van der Waals surface area contributed by atoms with E-state index in [0.717, 1.165) is 56.1 Å². The van der Waals surface area contributed by atoms with E-state index in [1.807, 2.05) is 52.9 Å².